The molecule has 0 aliphatic heterocycles. The molecule has 0 saturated carbocycles. The molecule has 5 aromatic rings. The Balaban J connectivity index is 1.22. The van der Waals surface area contributed by atoms with Crippen LogP contribution in [-0.4, -0.2) is 21.7 Å². The van der Waals surface area contributed by atoms with Crippen LogP contribution in [0, 0.1) is 13.8 Å². The fourth-order valence-corrected chi connectivity index (χ4v) is 4.90. The Labute approximate surface area is 224 Å². The first-order valence-electron chi connectivity index (χ1n) is 11.6. The van der Waals surface area contributed by atoms with Crippen molar-refractivity contribution in [2.75, 3.05) is 5.32 Å². The minimum Gasteiger partial charge on any atom is -0.332 e. The smallest absolute Gasteiger partial charge is 0.271 e. The Kier molecular flexibility index (Phi) is 7.16. The average Bonchev–Trinajstić information content (AvgIpc) is 3.49. The topological polar surface area (TPSA) is 71.3 Å². The summed E-state index contributed by atoms with van der Waals surface area (Å²) in [5.74, 6) is -0.275. The second-order valence-electron chi connectivity index (χ2n) is 8.44. The van der Waals surface area contributed by atoms with Crippen molar-refractivity contribution in [1.82, 2.24) is 15.0 Å². The zero-order valence-electron chi connectivity index (χ0n) is 20.3. The molecular formula is C29H24ClN5OS. The third-order valence-corrected chi connectivity index (χ3v) is 6.91. The van der Waals surface area contributed by atoms with Crippen LogP contribution in [0.2, 0.25) is 5.02 Å². The van der Waals surface area contributed by atoms with Crippen LogP contribution in [0.15, 0.2) is 95.4 Å². The van der Waals surface area contributed by atoms with Crippen LogP contribution >= 0.6 is 22.9 Å². The molecule has 0 bridgehead atoms. The molecule has 1 amide bonds. The van der Waals surface area contributed by atoms with Crippen molar-refractivity contribution in [2.45, 2.75) is 13.8 Å². The van der Waals surface area contributed by atoms with Crippen LogP contribution in [0.5, 0.6) is 0 Å². The minimum atomic E-state index is -0.275. The number of para-hydroxylation sites is 1. The molecule has 2 aromatic heterocycles. The van der Waals surface area contributed by atoms with Gasteiger partial charge in [-0.1, -0.05) is 41.9 Å². The van der Waals surface area contributed by atoms with Crippen molar-refractivity contribution in [1.29, 1.82) is 0 Å². The van der Waals surface area contributed by atoms with Crippen LogP contribution in [-0.2, 0) is 0 Å². The normalized spacial score (nSPS) is 11.1. The maximum atomic E-state index is 12.6. The van der Waals surface area contributed by atoms with Gasteiger partial charge in [-0.2, -0.15) is 5.10 Å². The molecule has 5 rings (SSSR count). The summed E-state index contributed by atoms with van der Waals surface area (Å²) >= 11 is 7.46. The quantitative estimate of drug-likeness (QED) is 0.172. The molecule has 0 saturated heterocycles. The van der Waals surface area contributed by atoms with Crippen LogP contribution < -0.4 is 10.7 Å². The number of amides is 1. The second kappa shape index (κ2) is 10.8. The van der Waals surface area contributed by atoms with Crippen LogP contribution in [0.4, 0.5) is 10.8 Å². The van der Waals surface area contributed by atoms with Gasteiger partial charge in [0.25, 0.3) is 5.91 Å². The summed E-state index contributed by atoms with van der Waals surface area (Å²) in [4.78, 5) is 17.3. The van der Waals surface area contributed by atoms with Crippen LogP contribution in [0.25, 0.3) is 16.9 Å². The number of halogens is 1. The monoisotopic (exact) mass is 525 g/mol. The number of benzene rings is 3. The molecule has 6 nitrogen and oxygen atoms in total. The van der Waals surface area contributed by atoms with Gasteiger partial charge in [-0.3, -0.25) is 4.79 Å². The number of nitrogens with one attached hydrogen (secondary N) is 2. The van der Waals surface area contributed by atoms with Crippen molar-refractivity contribution in [3.05, 3.63) is 118 Å². The second-order valence-corrected chi connectivity index (χ2v) is 9.74. The molecule has 2 N–H and O–H groups in total. The first-order valence-corrected chi connectivity index (χ1v) is 12.9. The Hall–Kier alpha value is -4.20. The SMILES string of the molecule is Cc1cc(/C=N\NC(=O)c2ccc(-c3csc(Nc4ccc(Cl)cc4)n3)cc2)c(C)n1-c1ccccc1. The highest BCUT2D eigenvalue weighted by Crippen LogP contribution is 2.28. The summed E-state index contributed by atoms with van der Waals surface area (Å²) in [6.45, 7) is 4.09. The van der Waals surface area contributed by atoms with Crippen molar-refractivity contribution in [3.8, 4) is 16.9 Å². The number of anilines is 2. The maximum absolute atomic E-state index is 12.6. The molecule has 0 aliphatic rings. The van der Waals surface area contributed by atoms with Crippen LogP contribution in [0.3, 0.4) is 0 Å². The lowest BCUT2D eigenvalue weighted by Gasteiger charge is -2.08. The Morgan fingerprint density at radius 2 is 1.73 bits per heavy atom. The molecule has 0 radical (unpaired) electrons. The Bertz CT molecular complexity index is 1550. The Morgan fingerprint density at radius 1 is 1.00 bits per heavy atom. The van der Waals surface area contributed by atoms with Gasteiger partial charge in [0.05, 0.1) is 11.9 Å². The van der Waals surface area contributed by atoms with Crippen LogP contribution in [0.1, 0.15) is 27.3 Å². The van der Waals surface area contributed by atoms with E-state index >= 15 is 0 Å². The molecule has 8 heteroatoms. The predicted octanol–water partition coefficient (Wildman–Crippen LogP) is 7.38. The minimum absolute atomic E-state index is 0.275. The van der Waals surface area contributed by atoms with Gasteiger partial charge in [0.15, 0.2) is 5.13 Å². The molecule has 0 spiro atoms. The van der Waals surface area contributed by atoms with Crippen molar-refractivity contribution in [2.24, 2.45) is 5.10 Å². The molecule has 3 aromatic carbocycles. The predicted molar refractivity (Wildman–Crippen MR) is 153 cm³/mol. The van der Waals surface area contributed by atoms with E-state index in [4.69, 9.17) is 11.6 Å². The van der Waals surface area contributed by atoms with Gasteiger partial charge in [-0.25, -0.2) is 10.4 Å². The van der Waals surface area contributed by atoms with E-state index in [1.54, 1.807) is 18.3 Å². The molecule has 0 aliphatic carbocycles. The number of aromatic nitrogens is 2. The lowest BCUT2D eigenvalue weighted by molar-refractivity contribution is 0.0955. The number of hydrogen-bond acceptors (Lipinski definition) is 5. The van der Waals surface area contributed by atoms with Gasteiger partial charge in [0.1, 0.15) is 0 Å². The van der Waals surface area contributed by atoms with Crippen molar-refractivity contribution in [3.63, 3.8) is 0 Å². The van der Waals surface area contributed by atoms with Gasteiger partial charge in [-0.15, -0.1) is 11.3 Å². The summed E-state index contributed by atoms with van der Waals surface area (Å²) in [7, 11) is 0. The third-order valence-electron chi connectivity index (χ3n) is 5.90. The summed E-state index contributed by atoms with van der Waals surface area (Å²) in [5, 5.41) is 10.9. The highest BCUT2D eigenvalue weighted by molar-refractivity contribution is 7.14. The van der Waals surface area contributed by atoms with Gasteiger partial charge in [0, 0.05) is 49.9 Å². The third kappa shape index (κ3) is 5.63. The summed E-state index contributed by atoms with van der Waals surface area (Å²) in [6, 6.07) is 27.0. The highest BCUT2D eigenvalue weighted by atomic mass is 35.5. The lowest BCUT2D eigenvalue weighted by atomic mass is 10.1. The highest BCUT2D eigenvalue weighted by Gasteiger charge is 2.10. The van der Waals surface area contributed by atoms with Gasteiger partial charge in [0.2, 0.25) is 0 Å². The van der Waals surface area contributed by atoms with Gasteiger partial charge >= 0.3 is 0 Å². The summed E-state index contributed by atoms with van der Waals surface area (Å²) < 4.78 is 2.16. The lowest BCUT2D eigenvalue weighted by Crippen LogP contribution is -2.17. The number of hydrazone groups is 1. The van der Waals surface area contributed by atoms with E-state index < -0.39 is 0 Å². The van der Waals surface area contributed by atoms with Crippen molar-refractivity contribution < 1.29 is 4.79 Å². The number of aryl methyl sites for hydroxylation is 1. The Morgan fingerprint density at radius 3 is 2.46 bits per heavy atom. The van der Waals surface area contributed by atoms with E-state index in [-0.39, 0.29) is 5.91 Å². The zero-order valence-corrected chi connectivity index (χ0v) is 21.8. The van der Waals surface area contributed by atoms with Crippen molar-refractivity contribution >= 4 is 45.9 Å². The maximum Gasteiger partial charge on any atom is 0.271 e. The number of nitrogens with zero attached hydrogens (tertiary/aromatic N) is 3. The first-order chi connectivity index (χ1) is 18.0. The zero-order chi connectivity index (χ0) is 25.8. The van der Waals surface area contributed by atoms with Gasteiger partial charge < -0.3 is 9.88 Å². The molecule has 0 atom stereocenters. The fourth-order valence-electron chi connectivity index (χ4n) is 4.03. The molecule has 2 heterocycles. The molecule has 37 heavy (non-hydrogen) atoms. The van der Waals surface area contributed by atoms with E-state index in [0.717, 1.165) is 44.7 Å². The largest absolute Gasteiger partial charge is 0.332 e. The number of hydrogen-bond donors (Lipinski definition) is 2. The number of rotatable bonds is 7. The first kappa shape index (κ1) is 24.5. The molecule has 0 unspecified atom stereocenters. The van der Waals surface area contributed by atoms with E-state index in [1.165, 1.54) is 11.3 Å². The van der Waals surface area contributed by atoms with E-state index in [2.05, 4.69) is 50.5 Å². The molecule has 184 valence electrons. The summed E-state index contributed by atoms with van der Waals surface area (Å²) in [6.07, 6.45) is 1.68. The number of carbonyl (C=O) groups is 1. The van der Waals surface area contributed by atoms with E-state index in [9.17, 15) is 4.79 Å². The van der Waals surface area contributed by atoms with E-state index in [1.807, 2.05) is 66.9 Å². The van der Waals surface area contributed by atoms with Gasteiger partial charge in [-0.05, 0) is 68.4 Å². The number of thiazole rings is 1. The summed E-state index contributed by atoms with van der Waals surface area (Å²) in [5.41, 5.74) is 10.0. The average molecular weight is 526 g/mol. The van der Waals surface area contributed by atoms with E-state index in [0.29, 0.717) is 10.6 Å². The molecular weight excluding hydrogens is 502 g/mol. The fraction of sp³-hybridized carbons (Fsp3) is 0.0690. The standard InChI is InChI=1S/C29H24ClN5OS/c1-19-16-23(20(2)35(19)26-6-4-3-5-7-26)17-31-34-28(36)22-10-8-21(9-11-22)27-18-37-29(33-27)32-25-14-12-24(30)13-15-25/h3-18H,1-2H3,(H,32,33)(H,34,36)/b31-17-. The molecule has 0 fully saturated rings. The number of carbonyl (C=O) groups excluding carboxylic acids is 1.